The number of nitrogens with one attached hydrogen (secondary N) is 2. The average Bonchev–Trinajstić information content (AvgIpc) is 3.15. The number of amides is 2. The number of rotatable bonds is 13. The molecule has 9 heteroatoms. The number of nitrogens with zero attached hydrogens (tertiary/aromatic N) is 3. The molecule has 2 rings (SSSR count). The number of aliphatic carboxylic acids is 1. The molecule has 2 fully saturated rings. The normalized spacial score (nSPS) is 20.9. The third-order valence-electron chi connectivity index (χ3n) is 6.02. The van der Waals surface area contributed by atoms with Crippen LogP contribution in [0.15, 0.2) is 0 Å². The molecule has 0 spiro atoms. The molecule has 172 valence electrons. The third kappa shape index (κ3) is 9.40. The summed E-state index contributed by atoms with van der Waals surface area (Å²) < 4.78 is 0. The van der Waals surface area contributed by atoms with Crippen LogP contribution in [-0.4, -0.2) is 109 Å². The van der Waals surface area contributed by atoms with Gasteiger partial charge in [0.25, 0.3) is 0 Å². The summed E-state index contributed by atoms with van der Waals surface area (Å²) >= 11 is 0. The highest BCUT2D eigenvalue weighted by Gasteiger charge is 2.28. The lowest BCUT2D eigenvalue weighted by molar-refractivity contribution is -0.137. The molecule has 0 saturated carbocycles. The van der Waals surface area contributed by atoms with Gasteiger partial charge in [0.05, 0.1) is 6.54 Å². The fraction of sp³-hybridized carbons (Fsp3) is 0.857. The van der Waals surface area contributed by atoms with Crippen LogP contribution in [0.2, 0.25) is 0 Å². The molecule has 1 unspecified atom stereocenters. The van der Waals surface area contributed by atoms with E-state index in [1.807, 2.05) is 0 Å². The zero-order valence-corrected chi connectivity index (χ0v) is 18.4. The Hall–Kier alpha value is -1.71. The average molecular weight is 436 g/mol. The molecule has 3 N–H and O–H groups in total. The van der Waals surface area contributed by atoms with E-state index >= 15 is 0 Å². The molecule has 2 aliphatic rings. The van der Waals surface area contributed by atoms with Crippen molar-refractivity contribution >= 4 is 17.8 Å². The van der Waals surface area contributed by atoms with Crippen molar-refractivity contribution in [1.82, 2.24) is 25.3 Å². The van der Waals surface area contributed by atoms with E-state index in [1.54, 1.807) is 0 Å². The van der Waals surface area contributed by atoms with Gasteiger partial charge in [0, 0.05) is 64.7 Å². The Balaban J connectivity index is 1.55. The van der Waals surface area contributed by atoms with Gasteiger partial charge in [-0.05, 0) is 38.8 Å². The molecule has 0 radical (unpaired) electrons. The van der Waals surface area contributed by atoms with Crippen LogP contribution < -0.4 is 10.6 Å². The summed E-state index contributed by atoms with van der Waals surface area (Å²) in [7, 11) is 0. The predicted octanol–water partition coefficient (Wildman–Crippen LogP) is -0.0343. The van der Waals surface area contributed by atoms with E-state index in [9.17, 15) is 14.4 Å². The van der Waals surface area contributed by atoms with E-state index < -0.39 is 5.97 Å². The zero-order chi connectivity index (χ0) is 21.8. The van der Waals surface area contributed by atoms with Gasteiger partial charge in [-0.25, -0.2) is 0 Å². The Morgan fingerprint density at radius 3 is 2.20 bits per heavy atom. The lowest BCUT2D eigenvalue weighted by Gasteiger charge is -2.37. The maximum atomic E-state index is 12.3. The second-order valence-electron chi connectivity index (χ2n) is 8.30. The van der Waals surface area contributed by atoms with Crippen LogP contribution in [0.3, 0.4) is 0 Å². The summed E-state index contributed by atoms with van der Waals surface area (Å²) in [6, 6.07) is 0.459. The van der Waals surface area contributed by atoms with E-state index in [1.165, 1.54) is 0 Å². The third-order valence-corrected chi connectivity index (χ3v) is 6.02. The molecule has 1 atom stereocenters. The molecule has 0 aromatic carbocycles. The second kappa shape index (κ2) is 13.6. The Morgan fingerprint density at radius 1 is 0.900 bits per heavy atom. The number of hydrogen-bond donors (Lipinski definition) is 3. The molecular weight excluding hydrogens is 397 g/mol. The number of carbonyl (C=O) groups is 3. The monoisotopic (exact) mass is 436 g/mol. The lowest BCUT2D eigenvalue weighted by Crippen LogP contribution is -2.51. The minimum absolute atomic E-state index is 0.0274. The van der Waals surface area contributed by atoms with Gasteiger partial charge in [0.15, 0.2) is 0 Å². The topological polar surface area (TPSA) is 105 Å². The molecule has 0 aromatic heterocycles. The molecule has 2 saturated heterocycles. The highest BCUT2D eigenvalue weighted by atomic mass is 16.5. The van der Waals surface area contributed by atoms with E-state index in [2.05, 4.69) is 32.3 Å². The minimum Gasteiger partial charge on any atom is -0.481 e. The van der Waals surface area contributed by atoms with Crippen molar-refractivity contribution in [1.29, 1.82) is 0 Å². The number of carboxylic acids is 1. The van der Waals surface area contributed by atoms with Crippen LogP contribution >= 0.6 is 0 Å². The molecule has 0 aliphatic carbocycles. The van der Waals surface area contributed by atoms with Crippen molar-refractivity contribution in [3.8, 4) is 0 Å². The number of likely N-dealkylation sites (N-methyl/N-ethyl adjacent to an activating group) is 1. The molecule has 2 heterocycles. The Bertz CT molecular complexity index is 552. The summed E-state index contributed by atoms with van der Waals surface area (Å²) in [6.07, 6.45) is 3.72. The van der Waals surface area contributed by atoms with E-state index in [0.29, 0.717) is 44.9 Å². The minimum atomic E-state index is -0.855. The van der Waals surface area contributed by atoms with Crippen LogP contribution in [0.5, 0.6) is 0 Å². The number of likely N-dealkylation sites (tertiary alicyclic amines) is 1. The Morgan fingerprint density at radius 2 is 1.53 bits per heavy atom. The summed E-state index contributed by atoms with van der Waals surface area (Å²) in [5, 5.41) is 14.2. The van der Waals surface area contributed by atoms with E-state index in [-0.39, 0.29) is 18.2 Å². The number of carbonyl (C=O) groups excluding carboxylic acids is 2. The molecule has 0 aromatic rings. The van der Waals surface area contributed by atoms with Crippen molar-refractivity contribution in [2.75, 3.05) is 65.4 Å². The highest BCUT2D eigenvalue weighted by Crippen LogP contribution is 2.18. The van der Waals surface area contributed by atoms with Crippen LogP contribution in [-0.2, 0) is 14.4 Å². The van der Waals surface area contributed by atoms with Crippen molar-refractivity contribution in [3.05, 3.63) is 0 Å². The summed E-state index contributed by atoms with van der Waals surface area (Å²) in [5.74, 6) is -0.928. The number of piperazine rings is 1. The second-order valence-corrected chi connectivity index (χ2v) is 8.30. The van der Waals surface area contributed by atoms with Gasteiger partial charge in [-0.2, -0.15) is 0 Å². The maximum absolute atomic E-state index is 12.3. The predicted molar refractivity (Wildman–Crippen MR) is 115 cm³/mol. The van der Waals surface area contributed by atoms with Crippen LogP contribution in [0, 0.1) is 0 Å². The zero-order valence-electron chi connectivity index (χ0n) is 18.4. The largest absolute Gasteiger partial charge is 0.481 e. The van der Waals surface area contributed by atoms with Crippen molar-refractivity contribution in [2.45, 2.75) is 51.5 Å². The quantitative estimate of drug-likeness (QED) is 0.211. The standard InChI is InChI=1S/C21H39N5O4/c1-2-24-12-14-25(15-13-24)16-18-6-5-11-26(18)17-20(28)23-9-3-7-19(27)22-10-4-8-21(29)30/h18H,2-17H2,1H3,(H,22,27)(H,23,28)(H,29,30)/i3+1,7+1,8+1,9+1,12+1,14+1,16+1,19+1,21+1,25+1,26+1. The molecule has 2 amide bonds. The molecule has 0 bridgehead atoms. The first-order valence-electron chi connectivity index (χ1n) is 11.4. The first-order chi connectivity index (χ1) is 14.5. The Kier molecular flexibility index (Phi) is 11.1. The van der Waals surface area contributed by atoms with Gasteiger partial charge < -0.3 is 20.6 Å². The smallest absolute Gasteiger partial charge is 0.303 e. The first kappa shape index (κ1) is 24.6. The lowest BCUT2D eigenvalue weighted by atomic mass is 10.3. The Labute approximate surface area is 180 Å². The SMILES string of the molecule is CCN1CC[15N]([13CH2]C2CCC[15N]2CC(=O)N[13CH2][13CH2][13CH2][13C](=O)NCC[13CH2][13C](=O)O)[13CH2][13CH2]1. The molecule has 30 heavy (non-hydrogen) atoms. The van der Waals surface area contributed by atoms with Crippen molar-refractivity contribution in [2.24, 2.45) is 0 Å². The van der Waals surface area contributed by atoms with Gasteiger partial charge >= 0.3 is 5.97 Å². The van der Waals surface area contributed by atoms with Gasteiger partial charge in [-0.3, -0.25) is 24.2 Å². The van der Waals surface area contributed by atoms with Crippen LogP contribution in [0.25, 0.3) is 0 Å². The molecule has 9 nitrogen and oxygen atoms in total. The highest BCUT2D eigenvalue weighted by molar-refractivity contribution is 5.78. The fourth-order valence-corrected chi connectivity index (χ4v) is 4.17. The van der Waals surface area contributed by atoms with Gasteiger partial charge in [0.2, 0.25) is 11.8 Å². The van der Waals surface area contributed by atoms with E-state index in [4.69, 9.17) is 5.11 Å². The maximum Gasteiger partial charge on any atom is 0.303 e. The molecule has 2 aliphatic heterocycles. The molecular formula is C21H39N5O4. The van der Waals surface area contributed by atoms with Crippen molar-refractivity contribution in [3.63, 3.8) is 0 Å². The number of hydrogen-bond acceptors (Lipinski definition) is 6. The number of carboxylic acid groups (broad SMARTS) is 1. The summed E-state index contributed by atoms with van der Waals surface area (Å²) in [6.45, 7) is 11.1. The van der Waals surface area contributed by atoms with Gasteiger partial charge in [0.1, 0.15) is 0 Å². The van der Waals surface area contributed by atoms with E-state index in [0.717, 1.165) is 58.7 Å². The van der Waals surface area contributed by atoms with Gasteiger partial charge in [-0.15, -0.1) is 0 Å². The van der Waals surface area contributed by atoms with Gasteiger partial charge in [-0.1, -0.05) is 6.92 Å². The van der Waals surface area contributed by atoms with Crippen LogP contribution in [0.4, 0.5) is 0 Å². The fourth-order valence-electron chi connectivity index (χ4n) is 4.17. The van der Waals surface area contributed by atoms with Crippen molar-refractivity contribution < 1.29 is 19.5 Å². The summed E-state index contributed by atoms with van der Waals surface area (Å²) in [5.41, 5.74) is 0. The van der Waals surface area contributed by atoms with Crippen LogP contribution in [0.1, 0.15) is 45.4 Å². The summed E-state index contributed by atoms with van der Waals surface area (Å²) in [4.78, 5) is 41.7. The first-order valence-corrected chi connectivity index (χ1v) is 11.4.